The number of anilines is 1. The Morgan fingerprint density at radius 1 is 0.926 bits per heavy atom. The zero-order valence-corrected chi connectivity index (χ0v) is 15.5. The predicted molar refractivity (Wildman–Crippen MR) is 106 cm³/mol. The molecule has 1 unspecified atom stereocenters. The number of likely N-dealkylation sites (tertiary alicyclic amines) is 1. The summed E-state index contributed by atoms with van der Waals surface area (Å²) in [6.45, 7) is 3.57. The van der Waals surface area contributed by atoms with Gasteiger partial charge in [-0.15, -0.1) is 0 Å². The third-order valence-electron chi connectivity index (χ3n) is 5.54. The standard InChI is InChI=1S/C22H25N3O2/c26-21(16-23-12-11-19(15-23)18-7-3-1-4-8-18)24-13-14-25(22(27)17-24)20-9-5-2-6-10-20/h1-10,19H,11-17H2. The van der Waals surface area contributed by atoms with Crippen LogP contribution in [0.15, 0.2) is 60.7 Å². The van der Waals surface area contributed by atoms with E-state index in [2.05, 4.69) is 29.2 Å². The maximum Gasteiger partial charge on any atom is 0.246 e. The van der Waals surface area contributed by atoms with Crippen LogP contribution in [0.4, 0.5) is 5.69 Å². The van der Waals surface area contributed by atoms with Gasteiger partial charge in [0.15, 0.2) is 0 Å². The Labute approximate surface area is 160 Å². The first kappa shape index (κ1) is 17.7. The molecule has 0 spiro atoms. The third kappa shape index (κ3) is 4.03. The number of carbonyl (C=O) groups is 2. The summed E-state index contributed by atoms with van der Waals surface area (Å²) in [5, 5.41) is 0. The minimum atomic E-state index is -0.00983. The van der Waals surface area contributed by atoms with Crippen molar-refractivity contribution in [2.75, 3.05) is 44.2 Å². The topological polar surface area (TPSA) is 43.9 Å². The molecule has 27 heavy (non-hydrogen) atoms. The normalized spacial score (nSPS) is 20.9. The van der Waals surface area contributed by atoms with Gasteiger partial charge in [0.2, 0.25) is 11.8 Å². The predicted octanol–water partition coefficient (Wildman–Crippen LogP) is 2.35. The van der Waals surface area contributed by atoms with Crippen molar-refractivity contribution < 1.29 is 9.59 Å². The first-order valence-corrected chi connectivity index (χ1v) is 9.61. The molecular weight excluding hydrogens is 338 g/mol. The maximum absolute atomic E-state index is 12.7. The van der Waals surface area contributed by atoms with E-state index in [9.17, 15) is 9.59 Å². The summed E-state index contributed by atoms with van der Waals surface area (Å²) >= 11 is 0. The van der Waals surface area contributed by atoms with Gasteiger partial charge in [-0.3, -0.25) is 14.5 Å². The quantitative estimate of drug-likeness (QED) is 0.838. The zero-order chi connectivity index (χ0) is 18.6. The summed E-state index contributed by atoms with van der Waals surface area (Å²) in [5.74, 6) is 0.546. The van der Waals surface area contributed by atoms with Gasteiger partial charge < -0.3 is 9.80 Å². The SMILES string of the molecule is O=C(CN1CCC(c2ccccc2)C1)N1CCN(c2ccccc2)C(=O)C1. The Hall–Kier alpha value is -2.66. The van der Waals surface area contributed by atoms with E-state index in [1.807, 2.05) is 36.4 Å². The number of piperazine rings is 1. The molecule has 5 nitrogen and oxygen atoms in total. The molecular formula is C22H25N3O2. The van der Waals surface area contributed by atoms with Crippen molar-refractivity contribution in [2.24, 2.45) is 0 Å². The van der Waals surface area contributed by atoms with Crippen molar-refractivity contribution >= 4 is 17.5 Å². The van der Waals surface area contributed by atoms with Gasteiger partial charge in [-0.2, -0.15) is 0 Å². The number of hydrogen-bond donors (Lipinski definition) is 0. The van der Waals surface area contributed by atoms with Crippen LogP contribution in [-0.4, -0.2) is 60.9 Å². The lowest BCUT2D eigenvalue weighted by Crippen LogP contribution is -2.54. The van der Waals surface area contributed by atoms with Crippen LogP contribution in [-0.2, 0) is 9.59 Å². The van der Waals surface area contributed by atoms with E-state index in [1.54, 1.807) is 9.80 Å². The molecule has 2 fully saturated rings. The Morgan fingerprint density at radius 3 is 2.33 bits per heavy atom. The van der Waals surface area contributed by atoms with Crippen LogP contribution in [0.5, 0.6) is 0 Å². The molecule has 0 saturated carbocycles. The number of para-hydroxylation sites is 1. The van der Waals surface area contributed by atoms with Crippen LogP contribution in [0.2, 0.25) is 0 Å². The van der Waals surface area contributed by atoms with Gasteiger partial charge in [0.05, 0.1) is 6.54 Å². The van der Waals surface area contributed by atoms with Crippen LogP contribution in [0.1, 0.15) is 17.9 Å². The Balaban J connectivity index is 1.30. The molecule has 2 aromatic rings. The highest BCUT2D eigenvalue weighted by molar-refractivity contribution is 5.98. The van der Waals surface area contributed by atoms with Gasteiger partial charge in [-0.05, 0) is 36.6 Å². The molecule has 2 amide bonds. The maximum atomic E-state index is 12.7. The van der Waals surface area contributed by atoms with Crippen LogP contribution >= 0.6 is 0 Å². The third-order valence-corrected chi connectivity index (χ3v) is 5.54. The van der Waals surface area contributed by atoms with Crippen molar-refractivity contribution in [1.82, 2.24) is 9.80 Å². The Kier molecular flexibility index (Phi) is 5.21. The lowest BCUT2D eigenvalue weighted by molar-refractivity contribution is -0.137. The lowest BCUT2D eigenvalue weighted by Gasteiger charge is -2.35. The van der Waals surface area contributed by atoms with E-state index in [0.717, 1.165) is 25.2 Å². The fourth-order valence-electron chi connectivity index (χ4n) is 4.03. The van der Waals surface area contributed by atoms with E-state index in [4.69, 9.17) is 0 Å². The largest absolute Gasteiger partial charge is 0.330 e. The fourth-order valence-corrected chi connectivity index (χ4v) is 4.03. The number of amides is 2. The molecule has 1 atom stereocenters. The summed E-state index contributed by atoms with van der Waals surface area (Å²) < 4.78 is 0. The van der Waals surface area contributed by atoms with Gasteiger partial charge in [0, 0.05) is 25.3 Å². The number of rotatable bonds is 4. The molecule has 2 aliphatic heterocycles. The van der Waals surface area contributed by atoms with Gasteiger partial charge >= 0.3 is 0 Å². The Morgan fingerprint density at radius 2 is 1.63 bits per heavy atom. The minimum Gasteiger partial charge on any atom is -0.330 e. The van der Waals surface area contributed by atoms with Gasteiger partial charge in [-0.1, -0.05) is 48.5 Å². The Bertz CT molecular complexity index is 794. The van der Waals surface area contributed by atoms with Gasteiger partial charge in [0.1, 0.15) is 6.54 Å². The molecule has 0 radical (unpaired) electrons. The summed E-state index contributed by atoms with van der Waals surface area (Å²) in [5.41, 5.74) is 2.25. The zero-order valence-electron chi connectivity index (χ0n) is 15.5. The molecule has 0 bridgehead atoms. The summed E-state index contributed by atoms with van der Waals surface area (Å²) in [7, 11) is 0. The average molecular weight is 363 g/mol. The molecule has 0 aromatic heterocycles. The smallest absolute Gasteiger partial charge is 0.246 e. The molecule has 2 saturated heterocycles. The number of benzene rings is 2. The van der Waals surface area contributed by atoms with Gasteiger partial charge in [-0.25, -0.2) is 0 Å². The van der Waals surface area contributed by atoms with Crippen LogP contribution in [0.25, 0.3) is 0 Å². The van der Waals surface area contributed by atoms with Crippen molar-refractivity contribution in [3.8, 4) is 0 Å². The molecule has 0 N–H and O–H groups in total. The number of hydrogen-bond acceptors (Lipinski definition) is 3. The van der Waals surface area contributed by atoms with Crippen molar-refractivity contribution in [3.05, 3.63) is 66.2 Å². The minimum absolute atomic E-state index is 0.00983. The van der Waals surface area contributed by atoms with Crippen molar-refractivity contribution in [1.29, 1.82) is 0 Å². The van der Waals surface area contributed by atoms with E-state index < -0.39 is 0 Å². The highest BCUT2D eigenvalue weighted by atomic mass is 16.2. The monoisotopic (exact) mass is 363 g/mol. The first-order chi connectivity index (χ1) is 13.2. The summed E-state index contributed by atoms with van der Waals surface area (Å²) in [6, 6.07) is 20.2. The molecule has 2 aromatic carbocycles. The highest BCUT2D eigenvalue weighted by Crippen LogP contribution is 2.27. The molecule has 0 aliphatic carbocycles. The van der Waals surface area contributed by atoms with E-state index in [1.165, 1.54) is 5.56 Å². The molecule has 5 heteroatoms. The highest BCUT2D eigenvalue weighted by Gasteiger charge is 2.31. The number of carbonyl (C=O) groups excluding carboxylic acids is 2. The first-order valence-electron chi connectivity index (χ1n) is 9.61. The summed E-state index contributed by atoms with van der Waals surface area (Å²) in [4.78, 5) is 30.9. The molecule has 140 valence electrons. The van der Waals surface area contributed by atoms with Crippen LogP contribution in [0, 0.1) is 0 Å². The molecule has 4 rings (SSSR count). The average Bonchev–Trinajstić information content (AvgIpc) is 3.18. The second-order valence-corrected chi connectivity index (χ2v) is 7.33. The fraction of sp³-hybridized carbons (Fsp3) is 0.364. The van der Waals surface area contributed by atoms with Crippen molar-refractivity contribution in [2.45, 2.75) is 12.3 Å². The van der Waals surface area contributed by atoms with Gasteiger partial charge in [0.25, 0.3) is 0 Å². The van der Waals surface area contributed by atoms with Crippen LogP contribution < -0.4 is 4.90 Å². The van der Waals surface area contributed by atoms with E-state index >= 15 is 0 Å². The molecule has 2 heterocycles. The second kappa shape index (κ2) is 7.92. The van der Waals surface area contributed by atoms with Crippen molar-refractivity contribution in [3.63, 3.8) is 0 Å². The van der Waals surface area contributed by atoms with E-state index in [-0.39, 0.29) is 18.4 Å². The lowest BCUT2D eigenvalue weighted by atomic mass is 9.99. The summed E-state index contributed by atoms with van der Waals surface area (Å²) in [6.07, 6.45) is 1.08. The number of nitrogens with zero attached hydrogens (tertiary/aromatic N) is 3. The second-order valence-electron chi connectivity index (χ2n) is 7.33. The van der Waals surface area contributed by atoms with Crippen LogP contribution in [0.3, 0.4) is 0 Å². The van der Waals surface area contributed by atoms with E-state index in [0.29, 0.717) is 25.6 Å². The molecule has 2 aliphatic rings.